The number of benzene rings is 1. The molecule has 4 nitrogen and oxygen atoms in total. The van der Waals surface area contributed by atoms with Gasteiger partial charge in [-0.1, -0.05) is 19.1 Å². The average Bonchev–Trinajstić information content (AvgIpc) is 2.39. The fraction of sp³-hybridized carbons (Fsp3) is 0.571. The zero-order chi connectivity index (χ0) is 13.0. The largest absolute Gasteiger partial charge is 0.399 e. The molecule has 0 spiro atoms. The molecule has 2 rings (SSSR count). The summed E-state index contributed by atoms with van der Waals surface area (Å²) in [6, 6.07) is 7.52. The molecule has 0 bridgehead atoms. The maximum Gasteiger partial charge on any atom is 0.0917 e. The van der Waals surface area contributed by atoms with E-state index in [4.69, 9.17) is 5.73 Å². The second-order valence-electron chi connectivity index (χ2n) is 4.92. The summed E-state index contributed by atoms with van der Waals surface area (Å²) in [5.41, 5.74) is 7.36. The van der Waals surface area contributed by atoms with E-state index in [1.165, 1.54) is 0 Å². The summed E-state index contributed by atoms with van der Waals surface area (Å²) in [5.74, 6) is 0. The van der Waals surface area contributed by atoms with Crippen molar-refractivity contribution in [3.8, 4) is 0 Å². The van der Waals surface area contributed by atoms with Gasteiger partial charge in [0.25, 0.3) is 0 Å². The number of aliphatic hydroxyl groups excluding tert-OH is 1. The van der Waals surface area contributed by atoms with Crippen LogP contribution in [0.1, 0.15) is 18.6 Å². The molecule has 0 saturated carbocycles. The molecule has 1 saturated heterocycles. The number of aliphatic hydroxyl groups is 1. The topological polar surface area (TPSA) is 52.7 Å². The van der Waals surface area contributed by atoms with Crippen molar-refractivity contribution >= 4 is 5.69 Å². The quantitative estimate of drug-likeness (QED) is 0.780. The van der Waals surface area contributed by atoms with E-state index in [1.54, 1.807) is 0 Å². The first-order valence-electron chi connectivity index (χ1n) is 6.67. The highest BCUT2D eigenvalue weighted by Gasteiger charge is 2.18. The number of hydrogen-bond donors (Lipinski definition) is 2. The third-order valence-corrected chi connectivity index (χ3v) is 3.64. The number of nitrogens with two attached hydrogens (primary N) is 1. The van der Waals surface area contributed by atoms with E-state index in [1.807, 2.05) is 24.3 Å². The van der Waals surface area contributed by atoms with Crippen molar-refractivity contribution in [2.24, 2.45) is 0 Å². The Bertz CT molecular complexity index is 375. The van der Waals surface area contributed by atoms with Gasteiger partial charge < -0.3 is 15.7 Å². The van der Waals surface area contributed by atoms with Gasteiger partial charge in [0.15, 0.2) is 0 Å². The highest BCUT2D eigenvalue weighted by atomic mass is 16.3. The van der Waals surface area contributed by atoms with Crippen LogP contribution in [0.5, 0.6) is 0 Å². The van der Waals surface area contributed by atoms with Gasteiger partial charge in [-0.15, -0.1) is 0 Å². The first-order valence-corrected chi connectivity index (χ1v) is 6.67. The third-order valence-electron chi connectivity index (χ3n) is 3.64. The van der Waals surface area contributed by atoms with Gasteiger partial charge in [0, 0.05) is 38.4 Å². The predicted molar refractivity (Wildman–Crippen MR) is 74.4 cm³/mol. The Hall–Kier alpha value is -1.10. The van der Waals surface area contributed by atoms with Crippen LogP contribution in [-0.4, -0.2) is 54.2 Å². The van der Waals surface area contributed by atoms with Crippen molar-refractivity contribution < 1.29 is 5.11 Å². The van der Waals surface area contributed by atoms with Gasteiger partial charge >= 0.3 is 0 Å². The Kier molecular flexibility index (Phi) is 4.58. The fourth-order valence-corrected chi connectivity index (χ4v) is 2.40. The molecule has 1 unspecified atom stereocenters. The lowest BCUT2D eigenvalue weighted by Gasteiger charge is -2.35. The molecule has 0 aliphatic carbocycles. The summed E-state index contributed by atoms with van der Waals surface area (Å²) in [6.07, 6.45) is -0.443. The number of piperazine rings is 1. The highest BCUT2D eigenvalue weighted by molar-refractivity contribution is 5.41. The summed E-state index contributed by atoms with van der Waals surface area (Å²) in [4.78, 5) is 4.75. The molecule has 1 aliphatic rings. The Morgan fingerprint density at radius 2 is 1.89 bits per heavy atom. The fourth-order valence-electron chi connectivity index (χ4n) is 2.40. The van der Waals surface area contributed by atoms with Crippen LogP contribution in [0.25, 0.3) is 0 Å². The van der Waals surface area contributed by atoms with E-state index in [9.17, 15) is 5.11 Å². The molecule has 18 heavy (non-hydrogen) atoms. The molecule has 100 valence electrons. The molecule has 0 radical (unpaired) electrons. The maximum absolute atomic E-state index is 10.2. The monoisotopic (exact) mass is 249 g/mol. The van der Waals surface area contributed by atoms with E-state index in [0.717, 1.165) is 38.3 Å². The van der Waals surface area contributed by atoms with Crippen LogP contribution < -0.4 is 5.73 Å². The van der Waals surface area contributed by atoms with Gasteiger partial charge in [-0.25, -0.2) is 0 Å². The zero-order valence-corrected chi connectivity index (χ0v) is 11.0. The molecular weight excluding hydrogens is 226 g/mol. The van der Waals surface area contributed by atoms with Gasteiger partial charge in [0.05, 0.1) is 6.10 Å². The van der Waals surface area contributed by atoms with Gasteiger partial charge in [0.2, 0.25) is 0 Å². The van der Waals surface area contributed by atoms with Crippen LogP contribution in [-0.2, 0) is 0 Å². The minimum Gasteiger partial charge on any atom is -0.399 e. The summed E-state index contributed by atoms with van der Waals surface area (Å²) in [5, 5.41) is 10.2. The molecule has 3 N–H and O–H groups in total. The Morgan fingerprint density at radius 1 is 1.22 bits per heavy atom. The van der Waals surface area contributed by atoms with Gasteiger partial charge in [-0.05, 0) is 24.2 Å². The lowest BCUT2D eigenvalue weighted by Crippen LogP contribution is -2.47. The number of anilines is 1. The first-order chi connectivity index (χ1) is 8.69. The summed E-state index contributed by atoms with van der Waals surface area (Å²) >= 11 is 0. The van der Waals surface area contributed by atoms with Gasteiger partial charge in [-0.2, -0.15) is 0 Å². The van der Waals surface area contributed by atoms with Crippen LogP contribution in [0.3, 0.4) is 0 Å². The van der Waals surface area contributed by atoms with E-state index in [0.29, 0.717) is 12.2 Å². The highest BCUT2D eigenvalue weighted by Crippen LogP contribution is 2.17. The van der Waals surface area contributed by atoms with Crippen LogP contribution in [0.2, 0.25) is 0 Å². The van der Waals surface area contributed by atoms with Crippen LogP contribution in [0.15, 0.2) is 24.3 Å². The molecule has 1 aromatic rings. The van der Waals surface area contributed by atoms with Crippen molar-refractivity contribution in [2.75, 3.05) is 45.0 Å². The summed E-state index contributed by atoms with van der Waals surface area (Å²) in [6.45, 7) is 8.27. The lowest BCUT2D eigenvalue weighted by atomic mass is 10.1. The van der Waals surface area contributed by atoms with Crippen LogP contribution >= 0.6 is 0 Å². The summed E-state index contributed by atoms with van der Waals surface area (Å²) in [7, 11) is 0. The minimum atomic E-state index is -0.443. The molecule has 1 aromatic carbocycles. The van der Waals surface area contributed by atoms with Crippen LogP contribution in [0.4, 0.5) is 5.69 Å². The smallest absolute Gasteiger partial charge is 0.0917 e. The van der Waals surface area contributed by atoms with Crippen molar-refractivity contribution in [1.82, 2.24) is 9.80 Å². The number of β-amino-alcohol motifs (C(OH)–C–C–N with tert-alkyl or cyclic N) is 1. The molecule has 1 atom stereocenters. The number of rotatable bonds is 4. The SMILES string of the molecule is CCN1CCN(CC(O)c2cccc(N)c2)CC1. The van der Waals surface area contributed by atoms with Crippen molar-refractivity contribution in [3.05, 3.63) is 29.8 Å². The van der Waals surface area contributed by atoms with Crippen LogP contribution in [0, 0.1) is 0 Å². The second-order valence-corrected chi connectivity index (χ2v) is 4.92. The van der Waals surface area contributed by atoms with Gasteiger partial charge in [-0.3, -0.25) is 4.90 Å². The summed E-state index contributed by atoms with van der Waals surface area (Å²) < 4.78 is 0. The molecule has 1 heterocycles. The third kappa shape index (κ3) is 3.45. The maximum atomic E-state index is 10.2. The van der Waals surface area contributed by atoms with Gasteiger partial charge in [0.1, 0.15) is 0 Å². The molecule has 4 heteroatoms. The van der Waals surface area contributed by atoms with E-state index < -0.39 is 6.10 Å². The number of nitrogens with zero attached hydrogens (tertiary/aromatic N) is 2. The van der Waals surface area contributed by atoms with Crippen molar-refractivity contribution in [2.45, 2.75) is 13.0 Å². The molecule has 0 aromatic heterocycles. The predicted octanol–water partition coefficient (Wildman–Crippen LogP) is 0.940. The average molecular weight is 249 g/mol. The van der Waals surface area contributed by atoms with E-state index in [2.05, 4.69) is 16.7 Å². The molecule has 1 aliphatic heterocycles. The second kappa shape index (κ2) is 6.18. The Labute approximate surface area is 109 Å². The minimum absolute atomic E-state index is 0.443. The number of nitrogen functional groups attached to an aromatic ring is 1. The van der Waals surface area contributed by atoms with E-state index in [-0.39, 0.29) is 0 Å². The first kappa shape index (κ1) is 13.3. The molecular formula is C14H23N3O. The van der Waals surface area contributed by atoms with Crippen molar-refractivity contribution in [1.29, 1.82) is 0 Å². The standard InChI is InChI=1S/C14H23N3O/c1-2-16-6-8-17(9-7-16)11-14(18)12-4-3-5-13(15)10-12/h3-5,10,14,18H,2,6-9,11,15H2,1H3. The normalized spacial score (nSPS) is 19.9. The Morgan fingerprint density at radius 3 is 2.50 bits per heavy atom. The van der Waals surface area contributed by atoms with Crippen molar-refractivity contribution in [3.63, 3.8) is 0 Å². The Balaban J connectivity index is 1.86. The number of likely N-dealkylation sites (N-methyl/N-ethyl adjacent to an activating group) is 1. The van der Waals surface area contributed by atoms with E-state index >= 15 is 0 Å². The molecule has 0 amide bonds. The number of hydrogen-bond acceptors (Lipinski definition) is 4. The zero-order valence-electron chi connectivity index (χ0n) is 11.0. The molecule has 1 fully saturated rings. The lowest BCUT2D eigenvalue weighted by molar-refractivity contribution is 0.0744.